The summed E-state index contributed by atoms with van der Waals surface area (Å²) in [6.07, 6.45) is 2.76. The van der Waals surface area contributed by atoms with Gasteiger partial charge < -0.3 is 0 Å². The first-order chi connectivity index (χ1) is 7.77. The van der Waals surface area contributed by atoms with E-state index >= 15 is 0 Å². The summed E-state index contributed by atoms with van der Waals surface area (Å²) in [5.74, 6) is 0. The van der Waals surface area contributed by atoms with Crippen molar-refractivity contribution in [2.45, 2.75) is 53.6 Å². The predicted octanol–water partition coefficient (Wildman–Crippen LogP) is 4.27. The Hall–Kier alpha value is -0.490. The van der Waals surface area contributed by atoms with Gasteiger partial charge in [0.2, 0.25) is 0 Å². The number of hydrogen-bond donors (Lipinski definition) is 0. The van der Waals surface area contributed by atoms with Crippen LogP contribution >= 0.6 is 8.58 Å². The highest BCUT2D eigenvalue weighted by Crippen LogP contribution is 2.48. The number of hydrogen-bond acceptors (Lipinski definition) is 2. The van der Waals surface area contributed by atoms with Gasteiger partial charge in [-0.25, -0.2) is 0 Å². The van der Waals surface area contributed by atoms with Crippen molar-refractivity contribution < 1.29 is 0 Å². The Morgan fingerprint density at radius 3 is 2.12 bits per heavy atom. The fourth-order valence-electron chi connectivity index (χ4n) is 1.48. The van der Waals surface area contributed by atoms with E-state index in [1.165, 1.54) is 18.1 Å². The summed E-state index contributed by atoms with van der Waals surface area (Å²) >= 11 is 0. The molecule has 2 rings (SSSR count). The number of nitrogens with zero attached hydrogens (tertiary/aromatic N) is 2. The van der Waals surface area contributed by atoms with Crippen LogP contribution < -0.4 is 0 Å². The van der Waals surface area contributed by atoms with Crippen LogP contribution in [0, 0.1) is 13.8 Å². The fraction of sp³-hybridized carbons (Fsp3) is 0.692. The van der Waals surface area contributed by atoms with E-state index in [9.17, 15) is 0 Å². The van der Waals surface area contributed by atoms with E-state index in [1.807, 2.05) is 34.6 Å². The van der Waals surface area contributed by atoms with Crippen molar-refractivity contribution in [3.63, 3.8) is 0 Å². The molecule has 1 aromatic heterocycles. The number of aromatic nitrogens is 2. The van der Waals surface area contributed by atoms with Crippen molar-refractivity contribution in [1.82, 2.24) is 10.2 Å². The van der Waals surface area contributed by atoms with Crippen molar-refractivity contribution in [3.05, 3.63) is 23.0 Å². The normalized spacial score (nSPS) is 18.8. The van der Waals surface area contributed by atoms with Gasteiger partial charge in [0.1, 0.15) is 0 Å². The van der Waals surface area contributed by atoms with Gasteiger partial charge in [-0.1, -0.05) is 27.7 Å². The lowest BCUT2D eigenvalue weighted by molar-refractivity contribution is 0.795. The second kappa shape index (κ2) is 8.64. The van der Waals surface area contributed by atoms with Crippen LogP contribution in [0.1, 0.15) is 56.7 Å². The van der Waals surface area contributed by atoms with Gasteiger partial charge in [-0.3, -0.25) is 0 Å². The first kappa shape index (κ1) is 15.5. The van der Waals surface area contributed by atoms with Crippen LogP contribution in [0.15, 0.2) is 6.07 Å². The fourth-order valence-corrected chi connectivity index (χ4v) is 2.57. The van der Waals surface area contributed by atoms with E-state index in [4.69, 9.17) is 0 Å². The van der Waals surface area contributed by atoms with Gasteiger partial charge in [-0.2, -0.15) is 10.2 Å². The Balaban J connectivity index is 0.000000509. The van der Waals surface area contributed by atoms with Crippen molar-refractivity contribution in [2.75, 3.05) is 6.16 Å². The minimum absolute atomic E-state index is 0.805. The van der Waals surface area contributed by atoms with Gasteiger partial charge in [-0.05, 0) is 38.1 Å². The maximum absolute atomic E-state index is 4.14. The highest BCUT2D eigenvalue weighted by Gasteiger charge is 2.21. The first-order valence-corrected chi connectivity index (χ1v) is 7.60. The molecule has 0 aromatic carbocycles. The summed E-state index contributed by atoms with van der Waals surface area (Å²) in [5, 5.41) is 8.17. The third-order valence-corrected chi connectivity index (χ3v) is 4.01. The van der Waals surface area contributed by atoms with Crippen LogP contribution in [0.25, 0.3) is 0 Å². The highest BCUT2D eigenvalue weighted by molar-refractivity contribution is 7.40. The quantitative estimate of drug-likeness (QED) is 0.685. The summed E-state index contributed by atoms with van der Waals surface area (Å²) < 4.78 is 0. The summed E-state index contributed by atoms with van der Waals surface area (Å²) in [5.41, 5.74) is 4.41. The zero-order valence-electron chi connectivity index (χ0n) is 11.5. The van der Waals surface area contributed by atoms with Gasteiger partial charge in [0.25, 0.3) is 0 Å². The number of aryl methyl sites for hydroxylation is 2. The van der Waals surface area contributed by atoms with Crippen molar-refractivity contribution in [1.29, 1.82) is 0 Å². The minimum atomic E-state index is 0.805. The lowest BCUT2D eigenvalue weighted by atomic mass is 10.1. The van der Waals surface area contributed by atoms with Gasteiger partial charge >= 0.3 is 0 Å². The SMILES string of the molecule is CC.CC.Cc1cc(C2CCP2)c(C)nn1. The van der Waals surface area contributed by atoms with E-state index in [-0.39, 0.29) is 0 Å². The second-order valence-corrected chi connectivity index (χ2v) is 4.93. The van der Waals surface area contributed by atoms with Gasteiger partial charge in [0.05, 0.1) is 11.4 Å². The zero-order chi connectivity index (χ0) is 12.6. The average molecular weight is 240 g/mol. The molecular weight excluding hydrogens is 215 g/mol. The van der Waals surface area contributed by atoms with Crippen LogP contribution in [0.2, 0.25) is 0 Å². The van der Waals surface area contributed by atoms with Gasteiger partial charge in [0.15, 0.2) is 0 Å². The Labute approximate surface area is 102 Å². The monoisotopic (exact) mass is 240 g/mol. The molecule has 1 fully saturated rings. The highest BCUT2D eigenvalue weighted by atomic mass is 31.1. The minimum Gasteiger partial charge on any atom is -0.156 e. The molecule has 16 heavy (non-hydrogen) atoms. The standard InChI is InChI=1S/C9H13N2P.2C2H6/c1-6-5-8(7(2)11-10-6)9-3-4-12-9;2*1-2/h5,9,12H,3-4H2,1-2H3;2*1-2H3. The molecule has 2 nitrogen and oxygen atoms in total. The topological polar surface area (TPSA) is 25.8 Å². The largest absolute Gasteiger partial charge is 0.156 e. The lowest BCUT2D eigenvalue weighted by Gasteiger charge is -2.26. The van der Waals surface area contributed by atoms with Crippen LogP contribution in [0.3, 0.4) is 0 Å². The first-order valence-electron chi connectivity index (χ1n) is 6.31. The van der Waals surface area contributed by atoms with Crippen LogP contribution in [0.5, 0.6) is 0 Å². The van der Waals surface area contributed by atoms with Crippen molar-refractivity contribution in [2.24, 2.45) is 0 Å². The maximum Gasteiger partial charge on any atom is 0.0638 e. The summed E-state index contributed by atoms with van der Waals surface area (Å²) in [6.45, 7) is 12.1. The molecule has 2 atom stereocenters. The smallest absolute Gasteiger partial charge is 0.0638 e. The molecule has 0 saturated carbocycles. The summed E-state index contributed by atoms with van der Waals surface area (Å²) in [7, 11) is 1.11. The second-order valence-electron chi connectivity index (χ2n) is 3.32. The van der Waals surface area contributed by atoms with Crippen LogP contribution in [-0.2, 0) is 0 Å². The Morgan fingerprint density at radius 1 is 1.12 bits per heavy atom. The van der Waals surface area contributed by atoms with Gasteiger partial charge in [0, 0.05) is 5.66 Å². The molecule has 1 aliphatic rings. The number of rotatable bonds is 1. The third-order valence-electron chi connectivity index (χ3n) is 2.34. The third kappa shape index (κ3) is 4.17. The molecule has 0 N–H and O–H groups in total. The molecule has 1 aliphatic heterocycles. The Morgan fingerprint density at radius 2 is 1.69 bits per heavy atom. The van der Waals surface area contributed by atoms with E-state index in [0.29, 0.717) is 0 Å². The molecule has 2 heterocycles. The molecule has 0 amide bonds. The Bertz CT molecular complexity index is 296. The van der Waals surface area contributed by atoms with Crippen LogP contribution in [-0.4, -0.2) is 16.4 Å². The van der Waals surface area contributed by atoms with E-state index in [0.717, 1.165) is 25.6 Å². The van der Waals surface area contributed by atoms with Crippen LogP contribution in [0.4, 0.5) is 0 Å². The van der Waals surface area contributed by atoms with Crippen molar-refractivity contribution >= 4 is 8.58 Å². The molecule has 0 aliphatic carbocycles. The molecule has 0 radical (unpaired) electrons. The molecular formula is C13H25N2P. The predicted molar refractivity (Wildman–Crippen MR) is 74.7 cm³/mol. The summed E-state index contributed by atoms with van der Waals surface area (Å²) in [4.78, 5) is 0. The maximum atomic E-state index is 4.14. The van der Waals surface area contributed by atoms with E-state index < -0.39 is 0 Å². The zero-order valence-corrected chi connectivity index (χ0v) is 12.5. The molecule has 0 bridgehead atoms. The Kier molecular flexibility index (Phi) is 8.37. The van der Waals surface area contributed by atoms with E-state index in [1.54, 1.807) is 0 Å². The molecule has 3 heteroatoms. The van der Waals surface area contributed by atoms with Gasteiger partial charge in [-0.15, -0.1) is 8.58 Å². The molecule has 1 aromatic rings. The van der Waals surface area contributed by atoms with E-state index in [2.05, 4.69) is 23.2 Å². The van der Waals surface area contributed by atoms with Crippen molar-refractivity contribution in [3.8, 4) is 0 Å². The molecule has 92 valence electrons. The molecule has 1 saturated heterocycles. The average Bonchev–Trinajstić information content (AvgIpc) is 2.27. The molecule has 2 unspecified atom stereocenters. The molecule has 0 spiro atoms. The lowest BCUT2D eigenvalue weighted by Crippen LogP contribution is -2.08. The summed E-state index contributed by atoms with van der Waals surface area (Å²) in [6, 6.07) is 2.19.